The smallest absolute Gasteiger partial charge is 0.349 e. The molecule has 1 unspecified atom stereocenters. The Morgan fingerprint density at radius 2 is 1.76 bits per heavy atom. The molecule has 42 heavy (non-hydrogen) atoms. The van der Waals surface area contributed by atoms with Crippen LogP contribution in [0, 0.1) is 10.8 Å². The highest BCUT2D eigenvalue weighted by Crippen LogP contribution is 2.49. The minimum Gasteiger partial charge on any atom is -0.419 e. The predicted octanol–water partition coefficient (Wildman–Crippen LogP) is 5.84. The Labute approximate surface area is 244 Å². The number of allylic oxidation sites excluding steroid dienone is 1. The normalized spacial score (nSPS) is 20.5. The highest BCUT2D eigenvalue weighted by molar-refractivity contribution is 7.11. The van der Waals surface area contributed by atoms with Crippen LogP contribution in [0.25, 0.3) is 5.57 Å². The number of aromatic nitrogens is 3. The first-order chi connectivity index (χ1) is 19.6. The molecule has 0 N–H and O–H groups in total. The van der Waals surface area contributed by atoms with Crippen molar-refractivity contribution >= 4 is 29.2 Å². The van der Waals surface area contributed by atoms with E-state index in [4.69, 9.17) is 4.42 Å². The predicted molar refractivity (Wildman–Crippen MR) is 147 cm³/mol. The monoisotopic (exact) mass is 605 g/mol. The topological polar surface area (TPSA) is 92.4 Å². The van der Waals surface area contributed by atoms with Crippen LogP contribution >= 0.6 is 11.3 Å². The van der Waals surface area contributed by atoms with E-state index in [0.717, 1.165) is 29.7 Å². The molecule has 0 bridgehead atoms. The second kappa shape index (κ2) is 10.6. The number of carbonyl (C=O) groups excluding carboxylic acids is 2. The average molecular weight is 606 g/mol. The molecule has 1 saturated carbocycles. The third kappa shape index (κ3) is 5.83. The summed E-state index contributed by atoms with van der Waals surface area (Å²) in [6, 6.07) is 4.29. The number of nitrogens with zero attached hydrogens (tertiary/aromatic N) is 5. The lowest BCUT2D eigenvalue weighted by molar-refractivity contribution is -0.129. The molecule has 1 aromatic carbocycles. The average Bonchev–Trinajstić information content (AvgIpc) is 3.42. The summed E-state index contributed by atoms with van der Waals surface area (Å²) < 4.78 is 63.0. The molecule has 8 nitrogen and oxygen atoms in total. The van der Waals surface area contributed by atoms with Crippen molar-refractivity contribution in [3.05, 3.63) is 70.3 Å². The lowest BCUT2D eigenvalue weighted by Gasteiger charge is -2.48. The van der Waals surface area contributed by atoms with Crippen LogP contribution in [0.3, 0.4) is 0 Å². The van der Waals surface area contributed by atoms with Gasteiger partial charge in [0.2, 0.25) is 12.3 Å². The minimum atomic E-state index is -3.70. The van der Waals surface area contributed by atoms with E-state index in [-0.39, 0.29) is 23.9 Å². The molecule has 3 aromatic rings. The number of hydrogen-bond acceptors (Lipinski definition) is 7. The van der Waals surface area contributed by atoms with Crippen molar-refractivity contribution in [2.24, 2.45) is 10.8 Å². The number of likely N-dealkylation sites (tertiary alicyclic amines) is 2. The molecule has 6 rings (SSSR count). The third-order valence-corrected chi connectivity index (χ3v) is 8.91. The van der Waals surface area contributed by atoms with Gasteiger partial charge in [0.25, 0.3) is 17.7 Å². The van der Waals surface area contributed by atoms with Crippen molar-refractivity contribution in [2.45, 2.75) is 51.4 Å². The number of thiazole rings is 1. The van der Waals surface area contributed by atoms with Gasteiger partial charge in [0, 0.05) is 49.7 Å². The van der Waals surface area contributed by atoms with Gasteiger partial charge >= 0.3 is 5.92 Å². The van der Waals surface area contributed by atoms with E-state index in [0.29, 0.717) is 37.8 Å². The van der Waals surface area contributed by atoms with E-state index < -0.39 is 40.2 Å². The second-order valence-electron chi connectivity index (χ2n) is 12.1. The fraction of sp³-hybridized carbons (Fsp3) is 0.483. The highest BCUT2D eigenvalue weighted by atomic mass is 32.1. The maximum atomic E-state index is 15.3. The van der Waals surface area contributed by atoms with E-state index in [2.05, 4.69) is 35.6 Å². The molecule has 2 aromatic heterocycles. The van der Waals surface area contributed by atoms with Gasteiger partial charge in [0.15, 0.2) is 0 Å². The first-order valence-electron chi connectivity index (χ1n) is 13.4. The van der Waals surface area contributed by atoms with Crippen molar-refractivity contribution in [3.63, 3.8) is 0 Å². The lowest BCUT2D eigenvalue weighted by Crippen LogP contribution is -2.59. The molecular weight excluding hydrogens is 574 g/mol. The lowest BCUT2D eigenvalue weighted by atomic mass is 9.72. The van der Waals surface area contributed by atoms with Crippen LogP contribution in [0.5, 0.6) is 0 Å². The van der Waals surface area contributed by atoms with Crippen LogP contribution in [0.1, 0.15) is 72.1 Å². The summed E-state index contributed by atoms with van der Waals surface area (Å²) in [5.41, 5.74) is 0.708. The molecular formula is C29H31F4N5O3S. The second-order valence-corrected chi connectivity index (χ2v) is 13.0. The Morgan fingerprint density at radius 1 is 1.12 bits per heavy atom. The molecule has 2 saturated heterocycles. The Hall–Kier alpha value is -3.61. The molecule has 13 heteroatoms. The van der Waals surface area contributed by atoms with Gasteiger partial charge in [-0.1, -0.05) is 44.7 Å². The molecule has 3 fully saturated rings. The molecule has 3 aliphatic rings. The Bertz CT molecular complexity index is 1450. The van der Waals surface area contributed by atoms with Gasteiger partial charge in [-0.3, -0.25) is 14.6 Å². The largest absolute Gasteiger partial charge is 0.419 e. The molecule has 4 heterocycles. The van der Waals surface area contributed by atoms with Crippen molar-refractivity contribution < 1.29 is 31.6 Å². The summed E-state index contributed by atoms with van der Waals surface area (Å²) >= 11 is 1.19. The van der Waals surface area contributed by atoms with Gasteiger partial charge in [-0.2, -0.15) is 8.78 Å². The summed E-state index contributed by atoms with van der Waals surface area (Å²) in [7, 11) is 0. The first kappa shape index (κ1) is 29.9. The van der Waals surface area contributed by atoms with E-state index >= 15 is 8.78 Å². The van der Waals surface area contributed by atoms with Crippen LogP contribution in [-0.4, -0.2) is 69.4 Å². The molecule has 1 spiro atoms. The first-order valence-corrected chi connectivity index (χ1v) is 14.3. The highest BCUT2D eigenvalue weighted by Gasteiger charge is 2.58. The summed E-state index contributed by atoms with van der Waals surface area (Å²) in [5.74, 6) is -8.72. The Balaban J connectivity index is 0.000000639. The quantitative estimate of drug-likeness (QED) is 0.248. The number of rotatable bonds is 7. The molecule has 0 radical (unpaired) electrons. The summed E-state index contributed by atoms with van der Waals surface area (Å²) in [4.78, 5) is 31.6. The van der Waals surface area contributed by atoms with Crippen molar-refractivity contribution in [1.82, 2.24) is 25.0 Å². The van der Waals surface area contributed by atoms with Gasteiger partial charge in [-0.25, -0.2) is 8.78 Å². The SMILES string of the molecule is C=C(c1ccc(C(F)(F)c2nnc(C3CN(C(=O)c4cncs4)CC34CN(C=O)C4)o2)cc1)C(C)(F)F.CC1(C)CC1. The van der Waals surface area contributed by atoms with Crippen molar-refractivity contribution in [2.75, 3.05) is 26.2 Å². The van der Waals surface area contributed by atoms with E-state index in [1.807, 2.05) is 0 Å². The number of amides is 2. The maximum Gasteiger partial charge on any atom is 0.349 e. The van der Waals surface area contributed by atoms with Crippen LogP contribution in [-0.2, 0) is 10.7 Å². The zero-order chi connectivity index (χ0) is 30.5. The number of alkyl halides is 4. The summed E-state index contributed by atoms with van der Waals surface area (Å²) in [6.45, 7) is 9.68. The van der Waals surface area contributed by atoms with Crippen molar-refractivity contribution in [1.29, 1.82) is 0 Å². The number of hydrogen-bond donors (Lipinski definition) is 0. The Morgan fingerprint density at radius 3 is 2.29 bits per heavy atom. The van der Waals surface area contributed by atoms with Crippen LogP contribution in [0.4, 0.5) is 17.6 Å². The molecule has 1 atom stereocenters. The van der Waals surface area contributed by atoms with Crippen LogP contribution < -0.4 is 0 Å². The van der Waals surface area contributed by atoms with Crippen LogP contribution in [0.15, 0.2) is 47.0 Å². The number of halogens is 4. The van der Waals surface area contributed by atoms with Gasteiger partial charge in [-0.15, -0.1) is 21.5 Å². The maximum absolute atomic E-state index is 15.3. The van der Waals surface area contributed by atoms with Gasteiger partial charge < -0.3 is 14.2 Å². The number of carbonyl (C=O) groups is 2. The van der Waals surface area contributed by atoms with Gasteiger partial charge in [0.1, 0.15) is 4.88 Å². The summed E-state index contributed by atoms with van der Waals surface area (Å²) in [6.07, 6.45) is 5.05. The molecule has 224 valence electrons. The van der Waals surface area contributed by atoms with Gasteiger partial charge in [-0.05, 0) is 23.8 Å². The van der Waals surface area contributed by atoms with E-state index in [9.17, 15) is 18.4 Å². The standard InChI is InChI=1S/C24H21F4N5O3S.C5H10/c1-14(22(2,25)26)15-3-5-16(6-4-15)24(27,28)21-31-30-19(36-21)17-8-33(20(35)18-7-29-12-37-18)11-23(17)9-32(10-23)13-34;1-5(2)3-4-5/h3-7,12-13,17H,1,8-11H2,2H3;3-4H2,1-2H3. The van der Waals surface area contributed by atoms with Crippen molar-refractivity contribution in [3.8, 4) is 0 Å². The van der Waals surface area contributed by atoms with Crippen LogP contribution in [0.2, 0.25) is 0 Å². The molecule has 2 aliphatic heterocycles. The third-order valence-electron chi connectivity index (χ3n) is 8.15. The number of benzene rings is 1. The molecule has 2 amide bonds. The minimum absolute atomic E-state index is 0.0292. The fourth-order valence-corrected chi connectivity index (χ4v) is 5.70. The van der Waals surface area contributed by atoms with E-state index in [1.54, 1.807) is 4.90 Å². The zero-order valence-electron chi connectivity index (χ0n) is 23.4. The molecule has 1 aliphatic carbocycles. The fourth-order valence-electron chi connectivity index (χ4n) is 5.11. The summed E-state index contributed by atoms with van der Waals surface area (Å²) in [5, 5.41) is 7.48. The van der Waals surface area contributed by atoms with Gasteiger partial charge in [0.05, 0.1) is 17.6 Å². The van der Waals surface area contributed by atoms with E-state index in [1.165, 1.54) is 40.8 Å². The zero-order valence-corrected chi connectivity index (χ0v) is 24.3. The Kier molecular flexibility index (Phi) is 7.53.